The summed E-state index contributed by atoms with van der Waals surface area (Å²) in [4.78, 5) is 44.9. The van der Waals surface area contributed by atoms with Crippen LogP contribution in [0.15, 0.2) is 39.9 Å². The molecule has 3 N–H and O–H groups in total. The maximum atomic E-state index is 13.5. The van der Waals surface area contributed by atoms with Crippen LogP contribution >= 0.6 is 0 Å². The Morgan fingerprint density at radius 3 is 2.24 bits per heavy atom. The van der Waals surface area contributed by atoms with Crippen molar-refractivity contribution in [3.05, 3.63) is 56.7 Å². The fraction of sp³-hybridized carbons (Fsp3) is 0.560. The molecule has 8 heteroatoms. The van der Waals surface area contributed by atoms with Crippen LogP contribution in [-0.4, -0.2) is 45.5 Å². The van der Waals surface area contributed by atoms with Gasteiger partial charge in [-0.1, -0.05) is 37.3 Å². The predicted molar refractivity (Wildman–Crippen MR) is 130 cm³/mol. The minimum absolute atomic E-state index is 0.0206. The summed E-state index contributed by atoms with van der Waals surface area (Å²) in [5, 5.41) is 0. The molecule has 8 nitrogen and oxygen atoms in total. The molecule has 1 aromatic heterocycles. The van der Waals surface area contributed by atoms with Gasteiger partial charge in [0.15, 0.2) is 5.69 Å². The zero-order chi connectivity index (χ0) is 23.5. The third-order valence-corrected chi connectivity index (χ3v) is 7.07. The number of carbonyl (C=O) groups excluding carboxylic acids is 1. The van der Waals surface area contributed by atoms with E-state index in [1.165, 1.54) is 22.3 Å². The van der Waals surface area contributed by atoms with Crippen LogP contribution in [0.1, 0.15) is 57.9 Å². The van der Waals surface area contributed by atoms with Gasteiger partial charge in [0.05, 0.1) is 13.1 Å². The Labute approximate surface area is 194 Å². The summed E-state index contributed by atoms with van der Waals surface area (Å²) < 4.78 is 1.32. The third kappa shape index (κ3) is 5.21. The second-order valence-corrected chi connectivity index (χ2v) is 9.52. The molecule has 33 heavy (non-hydrogen) atoms. The van der Waals surface area contributed by atoms with E-state index < -0.39 is 11.2 Å². The topological polar surface area (TPSA) is 104 Å². The molecular formula is C25H35N5O3. The van der Waals surface area contributed by atoms with Crippen LogP contribution < -0.4 is 21.9 Å². The highest BCUT2D eigenvalue weighted by molar-refractivity contribution is 5.96. The Bertz CT molecular complexity index is 1080. The summed E-state index contributed by atoms with van der Waals surface area (Å²) in [5.74, 6) is 0.617. The van der Waals surface area contributed by atoms with Gasteiger partial charge in [-0.3, -0.25) is 24.0 Å². The fourth-order valence-corrected chi connectivity index (χ4v) is 5.00. The molecule has 0 spiro atoms. The minimum atomic E-state index is -0.624. The van der Waals surface area contributed by atoms with Gasteiger partial charge < -0.3 is 10.6 Å². The van der Waals surface area contributed by atoms with Crippen LogP contribution in [0.2, 0.25) is 0 Å². The number of aromatic amines is 1. The molecule has 0 atom stereocenters. The van der Waals surface area contributed by atoms with E-state index in [4.69, 9.17) is 5.73 Å². The Hall–Kier alpha value is -2.87. The largest absolute Gasteiger partial charge is 0.383 e. The second-order valence-electron chi connectivity index (χ2n) is 9.52. The number of likely N-dealkylation sites (N-methyl/N-ethyl adjacent to an activating group) is 1. The number of nitrogen functional groups attached to an aromatic ring is 1. The first kappa shape index (κ1) is 23.3. The first-order chi connectivity index (χ1) is 15.9. The Kier molecular flexibility index (Phi) is 7.02. The number of amides is 1. The molecule has 2 aliphatic rings. The Morgan fingerprint density at radius 1 is 1.06 bits per heavy atom. The molecular weight excluding hydrogens is 418 g/mol. The quantitative estimate of drug-likeness (QED) is 0.639. The number of aromatic nitrogens is 2. The Morgan fingerprint density at radius 2 is 1.67 bits per heavy atom. The average molecular weight is 454 g/mol. The molecule has 0 aliphatic heterocycles. The molecule has 178 valence electrons. The van der Waals surface area contributed by atoms with E-state index in [1.54, 1.807) is 0 Å². The Balaban J connectivity index is 1.59. The number of nitrogens with zero attached hydrogens (tertiary/aromatic N) is 3. The van der Waals surface area contributed by atoms with E-state index in [0.717, 1.165) is 37.2 Å². The van der Waals surface area contributed by atoms with Gasteiger partial charge in [-0.15, -0.1) is 0 Å². The molecule has 0 bridgehead atoms. The second kappa shape index (κ2) is 9.95. The van der Waals surface area contributed by atoms with Crippen molar-refractivity contribution in [2.75, 3.05) is 23.7 Å². The smallest absolute Gasteiger partial charge is 0.330 e. The van der Waals surface area contributed by atoms with Crippen molar-refractivity contribution in [1.29, 1.82) is 0 Å². The lowest BCUT2D eigenvalue weighted by Crippen LogP contribution is -2.49. The number of hydrogen-bond acceptors (Lipinski definition) is 5. The van der Waals surface area contributed by atoms with E-state index in [2.05, 4.69) is 16.8 Å². The number of anilines is 2. The molecule has 0 radical (unpaired) electrons. The SMILES string of the molecule is CCN(C(=O)CN(C1CCC(C)CC1)C1CC1)c1c(N)n(Cc2ccccc2)c(=O)[nH]c1=O. The molecule has 0 unspecified atom stereocenters. The van der Waals surface area contributed by atoms with Gasteiger partial charge in [0.2, 0.25) is 5.91 Å². The van der Waals surface area contributed by atoms with Crippen molar-refractivity contribution in [1.82, 2.24) is 14.5 Å². The van der Waals surface area contributed by atoms with E-state index >= 15 is 0 Å². The number of nitrogens with two attached hydrogens (primary N) is 1. The lowest BCUT2D eigenvalue weighted by molar-refractivity contribution is -0.120. The highest BCUT2D eigenvalue weighted by Gasteiger charge is 2.37. The summed E-state index contributed by atoms with van der Waals surface area (Å²) >= 11 is 0. The van der Waals surface area contributed by atoms with Gasteiger partial charge >= 0.3 is 5.69 Å². The van der Waals surface area contributed by atoms with Crippen molar-refractivity contribution >= 4 is 17.4 Å². The monoisotopic (exact) mass is 453 g/mol. The van der Waals surface area contributed by atoms with Crippen LogP contribution in [-0.2, 0) is 11.3 Å². The fourth-order valence-electron chi connectivity index (χ4n) is 5.00. The van der Waals surface area contributed by atoms with Gasteiger partial charge in [0, 0.05) is 18.6 Å². The zero-order valence-electron chi connectivity index (χ0n) is 19.6. The van der Waals surface area contributed by atoms with Crippen LogP contribution in [0.4, 0.5) is 11.5 Å². The van der Waals surface area contributed by atoms with Crippen LogP contribution in [0.3, 0.4) is 0 Å². The van der Waals surface area contributed by atoms with Crippen molar-refractivity contribution in [2.24, 2.45) is 5.92 Å². The lowest BCUT2D eigenvalue weighted by atomic mass is 9.86. The molecule has 0 saturated heterocycles. The first-order valence-corrected chi connectivity index (χ1v) is 12.1. The van der Waals surface area contributed by atoms with Crippen LogP contribution in [0.5, 0.6) is 0 Å². The maximum Gasteiger partial charge on any atom is 0.330 e. The summed E-state index contributed by atoms with van der Waals surface area (Å²) in [6.07, 6.45) is 6.85. The van der Waals surface area contributed by atoms with E-state index in [0.29, 0.717) is 18.6 Å². The van der Waals surface area contributed by atoms with Crippen molar-refractivity contribution in [2.45, 2.75) is 71.0 Å². The average Bonchev–Trinajstić information content (AvgIpc) is 3.64. The number of hydrogen-bond donors (Lipinski definition) is 2. The first-order valence-electron chi connectivity index (χ1n) is 12.1. The van der Waals surface area contributed by atoms with Gasteiger partial charge in [-0.2, -0.15) is 0 Å². The maximum absolute atomic E-state index is 13.5. The molecule has 2 fully saturated rings. The number of H-pyrrole nitrogens is 1. The molecule has 2 saturated carbocycles. The van der Waals surface area contributed by atoms with Gasteiger partial charge in [0.25, 0.3) is 5.56 Å². The summed E-state index contributed by atoms with van der Waals surface area (Å²) in [7, 11) is 0. The molecule has 1 heterocycles. The van der Waals surface area contributed by atoms with Crippen LogP contribution in [0.25, 0.3) is 0 Å². The van der Waals surface area contributed by atoms with Crippen molar-refractivity contribution < 1.29 is 4.79 Å². The van der Waals surface area contributed by atoms with Crippen molar-refractivity contribution in [3.63, 3.8) is 0 Å². The zero-order valence-corrected chi connectivity index (χ0v) is 19.6. The standard InChI is InChI=1S/C25H35N5O3/c1-3-28(21(31)16-29(20-13-14-20)19-11-9-17(2)10-12-19)22-23(26)30(25(33)27-24(22)32)15-18-7-5-4-6-8-18/h4-8,17,19-20H,3,9-16,26H2,1-2H3,(H,27,32,33). The van der Waals surface area contributed by atoms with E-state index in [-0.39, 0.29) is 30.5 Å². The predicted octanol–water partition coefficient (Wildman–Crippen LogP) is 2.56. The van der Waals surface area contributed by atoms with E-state index in [1.807, 2.05) is 37.3 Å². The molecule has 4 rings (SSSR count). The lowest BCUT2D eigenvalue weighted by Gasteiger charge is -2.37. The molecule has 1 amide bonds. The summed E-state index contributed by atoms with van der Waals surface area (Å²) in [6, 6.07) is 10.3. The molecule has 2 aromatic rings. The van der Waals surface area contributed by atoms with Gasteiger partial charge in [0.1, 0.15) is 5.82 Å². The van der Waals surface area contributed by atoms with Gasteiger partial charge in [-0.25, -0.2) is 4.79 Å². The number of benzene rings is 1. The third-order valence-electron chi connectivity index (χ3n) is 7.07. The minimum Gasteiger partial charge on any atom is -0.383 e. The molecule has 2 aliphatic carbocycles. The number of carbonyl (C=O) groups is 1. The highest BCUT2D eigenvalue weighted by Crippen LogP contribution is 2.35. The number of nitrogens with one attached hydrogen (secondary N) is 1. The summed E-state index contributed by atoms with van der Waals surface area (Å²) in [6.45, 7) is 4.91. The van der Waals surface area contributed by atoms with Gasteiger partial charge in [-0.05, 0) is 56.9 Å². The normalized spacial score (nSPS) is 20.7. The molecule has 1 aromatic carbocycles. The van der Waals surface area contributed by atoms with Crippen molar-refractivity contribution in [3.8, 4) is 0 Å². The van der Waals surface area contributed by atoms with E-state index in [9.17, 15) is 14.4 Å². The number of rotatable bonds is 8. The summed E-state index contributed by atoms with van der Waals surface area (Å²) in [5.41, 5.74) is 6.08. The van der Waals surface area contributed by atoms with Crippen LogP contribution in [0, 0.1) is 5.92 Å². The highest BCUT2D eigenvalue weighted by atomic mass is 16.2.